The van der Waals surface area contributed by atoms with Crippen molar-refractivity contribution in [1.29, 1.82) is 5.26 Å². The van der Waals surface area contributed by atoms with Crippen LogP contribution in [-0.4, -0.2) is 9.78 Å². The van der Waals surface area contributed by atoms with Gasteiger partial charge in [0.25, 0.3) is 11.1 Å². The third kappa shape index (κ3) is 2.03. The van der Waals surface area contributed by atoms with E-state index in [4.69, 9.17) is 5.26 Å². The Morgan fingerprint density at radius 2 is 2.00 bits per heavy atom. The Hall–Kier alpha value is -1.83. The van der Waals surface area contributed by atoms with E-state index in [-0.39, 0.29) is 16.5 Å². The van der Waals surface area contributed by atoms with Crippen LogP contribution in [0.25, 0.3) is 0 Å². The minimum Gasteiger partial charge on any atom is -0.268 e. The number of H-pyrrole nitrogens is 1. The zero-order valence-electron chi connectivity index (χ0n) is 10.0. The molecule has 0 unspecified atom stereocenters. The lowest BCUT2D eigenvalue weighted by Crippen LogP contribution is -2.35. The molecule has 0 aliphatic heterocycles. The first-order valence-electron chi connectivity index (χ1n) is 5.66. The minimum absolute atomic E-state index is 0.0940. The summed E-state index contributed by atoms with van der Waals surface area (Å²) in [5, 5.41) is 11.3. The second kappa shape index (κ2) is 3.88. The Morgan fingerprint density at radius 1 is 1.35 bits per heavy atom. The average molecular weight is 233 g/mol. The lowest BCUT2D eigenvalue weighted by molar-refractivity contribution is 0.387. The molecule has 2 rings (SSSR count). The van der Waals surface area contributed by atoms with Crippen molar-refractivity contribution in [3.05, 3.63) is 31.8 Å². The maximum atomic E-state index is 12.0. The lowest BCUT2D eigenvalue weighted by Gasteiger charge is -2.14. The van der Waals surface area contributed by atoms with Crippen molar-refractivity contribution in [3.8, 4) is 6.07 Å². The number of nitrogens with zero attached hydrogens (tertiary/aromatic N) is 2. The predicted molar refractivity (Wildman–Crippen MR) is 62.7 cm³/mol. The summed E-state index contributed by atoms with van der Waals surface area (Å²) in [6, 6.07) is 2.14. The minimum atomic E-state index is -0.227. The molecule has 1 aliphatic rings. The van der Waals surface area contributed by atoms with Crippen LogP contribution in [0.4, 0.5) is 0 Å². The van der Waals surface area contributed by atoms with Crippen molar-refractivity contribution < 1.29 is 0 Å². The van der Waals surface area contributed by atoms with Gasteiger partial charge >= 0.3 is 0 Å². The van der Waals surface area contributed by atoms with Gasteiger partial charge in [-0.3, -0.25) is 14.7 Å². The average Bonchev–Trinajstić information content (AvgIpc) is 3.03. The number of aromatic nitrogens is 2. The van der Waals surface area contributed by atoms with Crippen molar-refractivity contribution in [2.45, 2.75) is 39.7 Å². The van der Waals surface area contributed by atoms with E-state index in [9.17, 15) is 9.59 Å². The Labute approximate surface area is 98.7 Å². The van der Waals surface area contributed by atoms with Gasteiger partial charge in [-0.25, -0.2) is 4.68 Å². The predicted octanol–water partition coefficient (Wildman–Crippen LogP) is 0.847. The normalized spacial score (nSPS) is 16.5. The van der Waals surface area contributed by atoms with Crippen LogP contribution < -0.4 is 11.1 Å². The molecule has 0 atom stereocenters. The molecule has 1 aromatic rings. The molecule has 1 aromatic heterocycles. The van der Waals surface area contributed by atoms with Crippen molar-refractivity contribution in [2.24, 2.45) is 5.41 Å². The fourth-order valence-corrected chi connectivity index (χ4v) is 1.97. The van der Waals surface area contributed by atoms with Gasteiger partial charge in [0.1, 0.15) is 0 Å². The van der Waals surface area contributed by atoms with Crippen molar-refractivity contribution in [1.82, 2.24) is 9.78 Å². The molecular weight excluding hydrogens is 218 g/mol. The standard InChI is InChI=1S/C12H15N3O2/c1-8-9(2)11(17)15(14-10(8)16)7-12(3-4-12)5-6-13/h3-5,7H2,1-2H3,(H,14,16). The van der Waals surface area contributed by atoms with Gasteiger partial charge in [0, 0.05) is 29.5 Å². The summed E-state index contributed by atoms with van der Waals surface area (Å²) < 4.78 is 1.36. The second-order valence-corrected chi connectivity index (χ2v) is 4.92. The van der Waals surface area contributed by atoms with Crippen molar-refractivity contribution in [2.75, 3.05) is 0 Å². The SMILES string of the molecule is Cc1c(C)c(=O)n(CC2(CC#N)CC2)[nH]c1=O. The quantitative estimate of drug-likeness (QED) is 0.840. The van der Waals surface area contributed by atoms with E-state index in [1.165, 1.54) is 4.68 Å². The van der Waals surface area contributed by atoms with E-state index in [0.29, 0.717) is 24.1 Å². The largest absolute Gasteiger partial charge is 0.268 e. The van der Waals surface area contributed by atoms with E-state index < -0.39 is 0 Å². The third-order valence-electron chi connectivity index (χ3n) is 3.61. The number of hydrogen-bond acceptors (Lipinski definition) is 3. The van der Waals surface area contributed by atoms with Crippen LogP contribution in [0.3, 0.4) is 0 Å². The van der Waals surface area contributed by atoms with Crippen LogP contribution in [0.15, 0.2) is 9.59 Å². The Balaban J connectivity index is 2.39. The Morgan fingerprint density at radius 3 is 2.53 bits per heavy atom. The fraction of sp³-hybridized carbons (Fsp3) is 0.583. The van der Waals surface area contributed by atoms with Crippen LogP contribution in [0.1, 0.15) is 30.4 Å². The first-order valence-corrected chi connectivity index (χ1v) is 5.66. The summed E-state index contributed by atoms with van der Waals surface area (Å²) in [5.41, 5.74) is 0.475. The van der Waals surface area contributed by atoms with Gasteiger partial charge in [-0.05, 0) is 26.7 Å². The number of aromatic amines is 1. The van der Waals surface area contributed by atoms with E-state index in [1.807, 2.05) is 0 Å². The molecule has 0 amide bonds. The molecule has 1 aliphatic carbocycles. The van der Waals surface area contributed by atoms with Crippen LogP contribution in [-0.2, 0) is 6.54 Å². The van der Waals surface area contributed by atoms with Gasteiger partial charge in [-0.15, -0.1) is 0 Å². The van der Waals surface area contributed by atoms with Gasteiger partial charge in [-0.1, -0.05) is 0 Å². The highest BCUT2D eigenvalue weighted by Crippen LogP contribution is 2.49. The van der Waals surface area contributed by atoms with Gasteiger partial charge in [0.15, 0.2) is 0 Å². The molecule has 0 saturated heterocycles. The molecule has 90 valence electrons. The molecule has 1 N–H and O–H groups in total. The number of nitriles is 1. The Kier molecular flexibility index (Phi) is 2.66. The molecule has 1 saturated carbocycles. The van der Waals surface area contributed by atoms with Crippen LogP contribution >= 0.6 is 0 Å². The first kappa shape index (κ1) is 11.6. The first-order chi connectivity index (χ1) is 7.99. The molecule has 1 heterocycles. The molecule has 17 heavy (non-hydrogen) atoms. The summed E-state index contributed by atoms with van der Waals surface area (Å²) in [5.74, 6) is 0. The zero-order chi connectivity index (χ0) is 12.6. The summed E-state index contributed by atoms with van der Waals surface area (Å²) in [7, 11) is 0. The Bertz CT molecular complexity index is 600. The summed E-state index contributed by atoms with van der Waals surface area (Å²) in [4.78, 5) is 23.6. The molecule has 0 aromatic carbocycles. The fourth-order valence-electron chi connectivity index (χ4n) is 1.97. The van der Waals surface area contributed by atoms with Crippen molar-refractivity contribution in [3.63, 3.8) is 0 Å². The molecule has 5 heteroatoms. The highest BCUT2D eigenvalue weighted by molar-refractivity contribution is 5.17. The number of hydrogen-bond donors (Lipinski definition) is 1. The summed E-state index contributed by atoms with van der Waals surface area (Å²) >= 11 is 0. The maximum Gasteiger partial charge on any atom is 0.268 e. The lowest BCUT2D eigenvalue weighted by atomic mass is 10.0. The van der Waals surface area contributed by atoms with Gasteiger partial charge in [-0.2, -0.15) is 5.26 Å². The van der Waals surface area contributed by atoms with Crippen LogP contribution in [0.5, 0.6) is 0 Å². The second-order valence-electron chi connectivity index (χ2n) is 4.92. The molecule has 5 nitrogen and oxygen atoms in total. The topological polar surface area (TPSA) is 78.7 Å². The van der Waals surface area contributed by atoms with E-state index in [2.05, 4.69) is 11.2 Å². The van der Waals surface area contributed by atoms with E-state index in [0.717, 1.165) is 12.8 Å². The van der Waals surface area contributed by atoms with Gasteiger partial charge < -0.3 is 0 Å². The van der Waals surface area contributed by atoms with Gasteiger partial charge in [0.05, 0.1) is 6.07 Å². The van der Waals surface area contributed by atoms with Gasteiger partial charge in [0.2, 0.25) is 0 Å². The molecule has 0 spiro atoms. The van der Waals surface area contributed by atoms with Crippen LogP contribution in [0, 0.1) is 30.6 Å². The third-order valence-corrected chi connectivity index (χ3v) is 3.61. The summed E-state index contributed by atoms with van der Waals surface area (Å²) in [6.07, 6.45) is 2.33. The molecule has 0 radical (unpaired) electrons. The van der Waals surface area contributed by atoms with E-state index >= 15 is 0 Å². The molecular formula is C12H15N3O2. The number of nitrogens with one attached hydrogen (secondary N) is 1. The highest BCUT2D eigenvalue weighted by atomic mass is 16.2. The zero-order valence-corrected chi connectivity index (χ0v) is 10.0. The van der Waals surface area contributed by atoms with Crippen molar-refractivity contribution >= 4 is 0 Å². The monoisotopic (exact) mass is 233 g/mol. The molecule has 0 bridgehead atoms. The maximum absolute atomic E-state index is 12.0. The number of rotatable bonds is 3. The highest BCUT2D eigenvalue weighted by Gasteiger charge is 2.43. The van der Waals surface area contributed by atoms with Crippen LogP contribution in [0.2, 0.25) is 0 Å². The smallest absolute Gasteiger partial charge is 0.268 e. The van der Waals surface area contributed by atoms with E-state index in [1.54, 1.807) is 13.8 Å². The summed E-state index contributed by atoms with van der Waals surface area (Å²) in [6.45, 7) is 3.74. The molecule has 1 fully saturated rings.